The highest BCUT2D eigenvalue weighted by Crippen LogP contribution is 2.21. The quantitative estimate of drug-likeness (QED) is 0.603. The molecule has 0 spiro atoms. The maximum atomic E-state index is 10.8. The lowest BCUT2D eigenvalue weighted by Gasteiger charge is -2.14. The summed E-state index contributed by atoms with van der Waals surface area (Å²) in [5, 5.41) is 8.85. The number of carbonyl (C=O) groups is 2. The monoisotopic (exact) mass is 188 g/mol. The van der Waals surface area contributed by atoms with Crippen molar-refractivity contribution in [3.8, 4) is 0 Å². The molecule has 5 nitrogen and oxygen atoms in total. The highest BCUT2D eigenvalue weighted by molar-refractivity contribution is 5.72. The molecule has 0 aromatic heterocycles. The zero-order valence-electron chi connectivity index (χ0n) is 7.36. The summed E-state index contributed by atoms with van der Waals surface area (Å²) in [6.45, 7) is 1.19. The van der Waals surface area contributed by atoms with Gasteiger partial charge in [0.25, 0.3) is 0 Å². The molecule has 1 rings (SSSR count). The topological polar surface area (TPSA) is 72.8 Å². The van der Waals surface area contributed by atoms with Crippen LogP contribution in [0.2, 0.25) is 0 Å². The first-order chi connectivity index (χ1) is 6.13. The zero-order chi connectivity index (χ0) is 9.84. The summed E-state index contributed by atoms with van der Waals surface area (Å²) in [5.41, 5.74) is 0. The molecule has 0 bridgehead atoms. The maximum Gasteiger partial charge on any atom is 0.306 e. The standard InChI is InChI=1S/C8H12O5/c1-5(10)12-4-7-6(3-9)2-8(11)13-7/h6-7,9H,2-4H2,1H3/t6-,7-/m1/s1. The largest absolute Gasteiger partial charge is 0.462 e. The van der Waals surface area contributed by atoms with Gasteiger partial charge in [-0.05, 0) is 0 Å². The van der Waals surface area contributed by atoms with Crippen LogP contribution in [0.25, 0.3) is 0 Å². The third-order valence-electron chi connectivity index (χ3n) is 1.92. The Balaban J connectivity index is 2.39. The molecule has 0 amide bonds. The Hall–Kier alpha value is -1.10. The van der Waals surface area contributed by atoms with Gasteiger partial charge in [-0.2, -0.15) is 0 Å². The van der Waals surface area contributed by atoms with E-state index in [0.29, 0.717) is 0 Å². The number of aliphatic hydroxyl groups excluding tert-OH is 1. The molecule has 13 heavy (non-hydrogen) atoms. The molecule has 1 aliphatic rings. The number of hydrogen-bond acceptors (Lipinski definition) is 5. The first-order valence-corrected chi connectivity index (χ1v) is 4.07. The van der Waals surface area contributed by atoms with E-state index in [1.165, 1.54) is 6.92 Å². The molecular weight excluding hydrogens is 176 g/mol. The van der Waals surface area contributed by atoms with Gasteiger partial charge in [0.2, 0.25) is 0 Å². The fraction of sp³-hybridized carbons (Fsp3) is 0.750. The van der Waals surface area contributed by atoms with Crippen molar-refractivity contribution in [1.29, 1.82) is 0 Å². The van der Waals surface area contributed by atoms with Crippen LogP contribution in [0.3, 0.4) is 0 Å². The van der Waals surface area contributed by atoms with Crippen molar-refractivity contribution in [2.75, 3.05) is 13.2 Å². The van der Waals surface area contributed by atoms with Gasteiger partial charge in [0.15, 0.2) is 0 Å². The second kappa shape index (κ2) is 4.23. The third kappa shape index (κ3) is 2.69. The van der Waals surface area contributed by atoms with Crippen LogP contribution in [-0.4, -0.2) is 36.4 Å². The zero-order valence-corrected chi connectivity index (χ0v) is 7.36. The summed E-state index contributed by atoms with van der Waals surface area (Å²) < 4.78 is 9.52. The molecule has 2 atom stereocenters. The van der Waals surface area contributed by atoms with Crippen molar-refractivity contribution in [2.45, 2.75) is 19.4 Å². The molecule has 74 valence electrons. The van der Waals surface area contributed by atoms with E-state index in [0.717, 1.165) is 0 Å². The van der Waals surface area contributed by atoms with Gasteiger partial charge in [-0.15, -0.1) is 0 Å². The maximum absolute atomic E-state index is 10.8. The van der Waals surface area contributed by atoms with Gasteiger partial charge in [0, 0.05) is 12.8 Å². The normalized spacial score (nSPS) is 27.1. The van der Waals surface area contributed by atoms with Gasteiger partial charge in [-0.25, -0.2) is 0 Å². The molecular formula is C8H12O5. The van der Waals surface area contributed by atoms with Crippen LogP contribution in [0.5, 0.6) is 0 Å². The third-order valence-corrected chi connectivity index (χ3v) is 1.92. The molecule has 1 heterocycles. The van der Waals surface area contributed by atoms with Gasteiger partial charge in [-0.3, -0.25) is 9.59 Å². The van der Waals surface area contributed by atoms with Gasteiger partial charge < -0.3 is 14.6 Å². The van der Waals surface area contributed by atoms with Crippen LogP contribution in [-0.2, 0) is 19.1 Å². The summed E-state index contributed by atoms with van der Waals surface area (Å²) in [4.78, 5) is 21.2. The van der Waals surface area contributed by atoms with Crippen LogP contribution in [0.4, 0.5) is 0 Å². The summed E-state index contributed by atoms with van der Waals surface area (Å²) in [7, 11) is 0. The van der Waals surface area contributed by atoms with Gasteiger partial charge in [0.1, 0.15) is 12.7 Å². The molecule has 0 unspecified atom stereocenters. The summed E-state index contributed by atoms with van der Waals surface area (Å²) in [6, 6.07) is 0. The number of hydrogen-bond donors (Lipinski definition) is 1. The molecule has 1 aliphatic heterocycles. The molecule has 1 N–H and O–H groups in total. The lowest BCUT2D eigenvalue weighted by atomic mass is 10.0. The van der Waals surface area contributed by atoms with Crippen molar-refractivity contribution in [1.82, 2.24) is 0 Å². The molecule has 1 saturated heterocycles. The second-order valence-corrected chi connectivity index (χ2v) is 2.98. The number of ether oxygens (including phenoxy) is 2. The molecule has 0 aromatic carbocycles. The summed E-state index contributed by atoms with van der Waals surface area (Å²) in [5.74, 6) is -1.01. The highest BCUT2D eigenvalue weighted by Gasteiger charge is 2.34. The van der Waals surface area contributed by atoms with Gasteiger partial charge in [0.05, 0.1) is 13.0 Å². The van der Waals surface area contributed by atoms with E-state index < -0.39 is 12.1 Å². The van der Waals surface area contributed by atoms with Crippen LogP contribution in [0.1, 0.15) is 13.3 Å². The predicted molar refractivity (Wildman–Crippen MR) is 41.7 cm³/mol. The predicted octanol–water partition coefficient (Wildman–Crippen LogP) is -0.527. The molecule has 0 radical (unpaired) electrons. The number of esters is 2. The van der Waals surface area contributed by atoms with E-state index in [9.17, 15) is 9.59 Å². The Bertz CT molecular complexity index is 213. The number of cyclic esters (lactones) is 1. The molecule has 5 heteroatoms. The van der Waals surface area contributed by atoms with Crippen molar-refractivity contribution in [2.24, 2.45) is 5.92 Å². The van der Waals surface area contributed by atoms with Crippen LogP contribution < -0.4 is 0 Å². The average Bonchev–Trinajstić information content (AvgIpc) is 2.42. The lowest BCUT2D eigenvalue weighted by molar-refractivity contribution is -0.152. The smallest absolute Gasteiger partial charge is 0.306 e. The minimum Gasteiger partial charge on any atom is -0.462 e. The van der Waals surface area contributed by atoms with Crippen LogP contribution in [0.15, 0.2) is 0 Å². The van der Waals surface area contributed by atoms with Crippen molar-refractivity contribution < 1.29 is 24.2 Å². The minimum atomic E-state index is -0.485. The molecule has 0 aromatic rings. The van der Waals surface area contributed by atoms with Crippen LogP contribution >= 0.6 is 0 Å². The van der Waals surface area contributed by atoms with E-state index in [2.05, 4.69) is 4.74 Å². The SMILES string of the molecule is CC(=O)OC[C@H]1OC(=O)C[C@@H]1CO. The Morgan fingerprint density at radius 1 is 1.77 bits per heavy atom. The van der Waals surface area contributed by atoms with Crippen molar-refractivity contribution in [3.05, 3.63) is 0 Å². The fourth-order valence-electron chi connectivity index (χ4n) is 1.21. The summed E-state index contributed by atoms with van der Waals surface area (Å²) >= 11 is 0. The van der Waals surface area contributed by atoms with Gasteiger partial charge >= 0.3 is 11.9 Å². The Morgan fingerprint density at radius 2 is 2.46 bits per heavy atom. The van der Waals surface area contributed by atoms with E-state index >= 15 is 0 Å². The first-order valence-electron chi connectivity index (χ1n) is 4.07. The molecule has 1 fully saturated rings. The Kier molecular flexibility index (Phi) is 3.25. The van der Waals surface area contributed by atoms with Crippen molar-refractivity contribution in [3.63, 3.8) is 0 Å². The Morgan fingerprint density at radius 3 is 3.00 bits per heavy atom. The lowest BCUT2D eigenvalue weighted by Crippen LogP contribution is -2.25. The number of aliphatic hydroxyl groups is 1. The van der Waals surface area contributed by atoms with Crippen molar-refractivity contribution >= 4 is 11.9 Å². The van der Waals surface area contributed by atoms with E-state index in [-0.39, 0.29) is 31.5 Å². The number of carbonyl (C=O) groups excluding carboxylic acids is 2. The van der Waals surface area contributed by atoms with E-state index in [1.807, 2.05) is 0 Å². The minimum absolute atomic E-state index is 0.0340. The highest BCUT2D eigenvalue weighted by atomic mass is 16.6. The Labute approximate surface area is 75.6 Å². The first kappa shape index (κ1) is 9.98. The van der Waals surface area contributed by atoms with Crippen LogP contribution in [0, 0.1) is 5.92 Å². The molecule has 0 aliphatic carbocycles. The van der Waals surface area contributed by atoms with E-state index in [4.69, 9.17) is 9.84 Å². The average molecular weight is 188 g/mol. The summed E-state index contributed by atoms with van der Waals surface area (Å²) in [6.07, 6.45) is -0.288. The number of rotatable bonds is 3. The van der Waals surface area contributed by atoms with E-state index in [1.54, 1.807) is 0 Å². The molecule has 0 saturated carbocycles. The van der Waals surface area contributed by atoms with Gasteiger partial charge in [-0.1, -0.05) is 0 Å². The second-order valence-electron chi connectivity index (χ2n) is 2.98. The fourth-order valence-corrected chi connectivity index (χ4v) is 1.21.